The van der Waals surface area contributed by atoms with E-state index in [-0.39, 0.29) is 0 Å². The first kappa shape index (κ1) is 19.8. The summed E-state index contributed by atoms with van der Waals surface area (Å²) in [6.45, 7) is 4.10. The van der Waals surface area contributed by atoms with Crippen LogP contribution in [-0.4, -0.2) is 19.1 Å². The molecule has 0 saturated heterocycles. The molecular formula is C23H22N6S. The van der Waals surface area contributed by atoms with Crippen molar-refractivity contribution in [2.24, 2.45) is 20.5 Å². The molecular weight excluding hydrogens is 392 g/mol. The molecule has 1 heterocycles. The van der Waals surface area contributed by atoms with Gasteiger partial charge in [0.2, 0.25) is 5.13 Å². The zero-order valence-electron chi connectivity index (χ0n) is 17.4. The van der Waals surface area contributed by atoms with E-state index in [2.05, 4.69) is 49.4 Å². The molecule has 0 radical (unpaired) electrons. The van der Waals surface area contributed by atoms with Gasteiger partial charge in [-0.2, -0.15) is 10.2 Å². The van der Waals surface area contributed by atoms with E-state index in [9.17, 15) is 0 Å². The highest BCUT2D eigenvalue weighted by molar-refractivity contribution is 7.21. The maximum atomic E-state index is 4.50. The van der Waals surface area contributed by atoms with Crippen molar-refractivity contribution in [3.05, 3.63) is 71.8 Å². The molecule has 150 valence electrons. The molecule has 0 aliphatic heterocycles. The number of anilines is 1. The molecule has 0 fully saturated rings. The van der Waals surface area contributed by atoms with Crippen LogP contribution in [0.15, 0.2) is 81.1 Å². The van der Waals surface area contributed by atoms with Crippen molar-refractivity contribution < 1.29 is 0 Å². The maximum Gasteiger partial charge on any atom is 0.231 e. The van der Waals surface area contributed by atoms with E-state index >= 15 is 0 Å². The van der Waals surface area contributed by atoms with Crippen LogP contribution < -0.4 is 4.90 Å². The van der Waals surface area contributed by atoms with E-state index in [4.69, 9.17) is 0 Å². The minimum absolute atomic E-state index is 0.649. The average Bonchev–Trinajstić information content (AvgIpc) is 3.14. The Balaban J connectivity index is 1.45. The van der Waals surface area contributed by atoms with Gasteiger partial charge in [-0.25, -0.2) is 4.98 Å². The Morgan fingerprint density at radius 2 is 1.47 bits per heavy atom. The first-order valence-electron chi connectivity index (χ1n) is 9.57. The summed E-state index contributed by atoms with van der Waals surface area (Å²) >= 11 is 1.54. The molecule has 0 unspecified atom stereocenters. The lowest BCUT2D eigenvalue weighted by molar-refractivity contribution is 1.12. The first-order valence-corrected chi connectivity index (χ1v) is 10.4. The number of azo groups is 2. The molecule has 4 rings (SSSR count). The van der Waals surface area contributed by atoms with Gasteiger partial charge in [0.05, 0.1) is 27.3 Å². The van der Waals surface area contributed by atoms with E-state index in [1.54, 1.807) is 0 Å². The lowest BCUT2D eigenvalue weighted by Gasteiger charge is -2.13. The normalized spacial score (nSPS) is 11.7. The molecule has 0 amide bonds. The lowest BCUT2D eigenvalue weighted by Crippen LogP contribution is -2.08. The molecule has 4 aromatic rings. The van der Waals surface area contributed by atoms with Crippen LogP contribution in [0, 0.1) is 13.8 Å². The molecule has 0 bridgehead atoms. The number of aryl methyl sites for hydroxylation is 2. The van der Waals surface area contributed by atoms with Gasteiger partial charge < -0.3 is 4.90 Å². The Kier molecular flexibility index (Phi) is 5.63. The van der Waals surface area contributed by atoms with Crippen molar-refractivity contribution in [1.82, 2.24) is 4.98 Å². The molecule has 3 aromatic carbocycles. The maximum absolute atomic E-state index is 4.50. The second kappa shape index (κ2) is 8.51. The second-order valence-electron chi connectivity index (χ2n) is 7.25. The number of hydrogen-bond acceptors (Lipinski definition) is 7. The fourth-order valence-electron chi connectivity index (χ4n) is 2.89. The standard InChI is InChI=1S/C23H22N6S/c1-15-5-11-21-22(13-15)30-23(24-21)28-26-18-8-6-17(7-9-18)25-27-20-12-10-19(29(3)4)14-16(20)2/h5-14H,1-4H3. The number of hydrogen-bond donors (Lipinski definition) is 0. The van der Waals surface area contributed by atoms with Crippen molar-refractivity contribution in [3.63, 3.8) is 0 Å². The quantitative estimate of drug-likeness (QED) is 0.313. The number of benzene rings is 3. The molecule has 0 aliphatic carbocycles. The molecule has 1 aromatic heterocycles. The van der Waals surface area contributed by atoms with Crippen molar-refractivity contribution in [2.75, 3.05) is 19.0 Å². The van der Waals surface area contributed by atoms with Gasteiger partial charge in [-0.3, -0.25) is 0 Å². The van der Waals surface area contributed by atoms with E-state index in [1.165, 1.54) is 16.9 Å². The minimum Gasteiger partial charge on any atom is -0.378 e. The van der Waals surface area contributed by atoms with Gasteiger partial charge in [0.15, 0.2) is 0 Å². The molecule has 0 atom stereocenters. The van der Waals surface area contributed by atoms with Crippen LogP contribution >= 0.6 is 11.3 Å². The zero-order chi connectivity index (χ0) is 21.1. The highest BCUT2D eigenvalue weighted by Crippen LogP contribution is 2.31. The summed E-state index contributed by atoms with van der Waals surface area (Å²) in [6.07, 6.45) is 0. The largest absolute Gasteiger partial charge is 0.378 e. The van der Waals surface area contributed by atoms with Gasteiger partial charge in [-0.15, -0.1) is 10.2 Å². The third kappa shape index (κ3) is 4.58. The third-order valence-electron chi connectivity index (χ3n) is 4.60. The Morgan fingerprint density at radius 3 is 2.13 bits per heavy atom. The molecule has 0 spiro atoms. The predicted octanol–water partition coefficient (Wildman–Crippen LogP) is 7.81. The van der Waals surface area contributed by atoms with Gasteiger partial charge in [-0.1, -0.05) is 17.4 Å². The number of nitrogens with zero attached hydrogens (tertiary/aromatic N) is 6. The fourth-order valence-corrected chi connectivity index (χ4v) is 3.78. The van der Waals surface area contributed by atoms with Crippen LogP contribution in [0.2, 0.25) is 0 Å². The summed E-state index contributed by atoms with van der Waals surface area (Å²) in [7, 11) is 4.04. The second-order valence-corrected chi connectivity index (χ2v) is 8.26. The summed E-state index contributed by atoms with van der Waals surface area (Å²) in [4.78, 5) is 6.56. The minimum atomic E-state index is 0.649. The predicted molar refractivity (Wildman–Crippen MR) is 125 cm³/mol. The van der Waals surface area contributed by atoms with Gasteiger partial charge >= 0.3 is 0 Å². The monoisotopic (exact) mass is 414 g/mol. The van der Waals surface area contributed by atoms with Crippen LogP contribution in [0.25, 0.3) is 10.2 Å². The third-order valence-corrected chi connectivity index (χ3v) is 5.51. The zero-order valence-corrected chi connectivity index (χ0v) is 18.2. The van der Waals surface area contributed by atoms with Crippen molar-refractivity contribution in [3.8, 4) is 0 Å². The Bertz CT molecular complexity index is 1240. The molecule has 6 nitrogen and oxygen atoms in total. The van der Waals surface area contributed by atoms with Crippen LogP contribution in [-0.2, 0) is 0 Å². The Labute approximate surface area is 179 Å². The molecule has 0 N–H and O–H groups in total. The highest BCUT2D eigenvalue weighted by Gasteiger charge is 2.03. The topological polar surface area (TPSA) is 65.6 Å². The van der Waals surface area contributed by atoms with Crippen LogP contribution in [0.5, 0.6) is 0 Å². The summed E-state index contributed by atoms with van der Waals surface area (Å²) in [5.41, 5.74) is 6.75. The summed E-state index contributed by atoms with van der Waals surface area (Å²) in [5.74, 6) is 0. The van der Waals surface area contributed by atoms with Gasteiger partial charge in [-0.05, 0) is 79.6 Å². The lowest BCUT2D eigenvalue weighted by atomic mass is 10.2. The smallest absolute Gasteiger partial charge is 0.231 e. The highest BCUT2D eigenvalue weighted by atomic mass is 32.1. The van der Waals surface area contributed by atoms with E-state index < -0.39 is 0 Å². The summed E-state index contributed by atoms with van der Waals surface area (Å²) in [6, 6.07) is 19.8. The number of fused-ring (bicyclic) bond motifs is 1. The van der Waals surface area contributed by atoms with Crippen LogP contribution in [0.1, 0.15) is 11.1 Å². The summed E-state index contributed by atoms with van der Waals surface area (Å²) < 4.78 is 1.12. The van der Waals surface area contributed by atoms with Crippen LogP contribution in [0.3, 0.4) is 0 Å². The van der Waals surface area contributed by atoms with Gasteiger partial charge in [0, 0.05) is 19.8 Å². The molecule has 7 heteroatoms. The number of aromatic nitrogens is 1. The van der Waals surface area contributed by atoms with Crippen LogP contribution in [0.4, 0.5) is 27.9 Å². The number of thiazole rings is 1. The average molecular weight is 415 g/mol. The van der Waals surface area contributed by atoms with E-state index in [0.29, 0.717) is 5.13 Å². The Morgan fingerprint density at radius 1 is 0.767 bits per heavy atom. The molecule has 0 saturated carbocycles. The number of rotatable bonds is 5. The van der Waals surface area contributed by atoms with Crippen molar-refractivity contribution in [1.29, 1.82) is 0 Å². The SMILES string of the molecule is Cc1ccc2nc(N=Nc3ccc(N=Nc4ccc(N(C)C)cc4C)cc3)sc2c1. The van der Waals surface area contributed by atoms with E-state index in [1.807, 2.05) is 69.6 Å². The first-order chi connectivity index (χ1) is 14.5. The fraction of sp³-hybridized carbons (Fsp3) is 0.174. The molecule has 30 heavy (non-hydrogen) atoms. The van der Waals surface area contributed by atoms with E-state index in [0.717, 1.165) is 38.5 Å². The van der Waals surface area contributed by atoms with Gasteiger partial charge in [0.25, 0.3) is 0 Å². The summed E-state index contributed by atoms with van der Waals surface area (Å²) in [5, 5.41) is 17.9. The van der Waals surface area contributed by atoms with Crippen molar-refractivity contribution >= 4 is 49.4 Å². The molecule has 0 aliphatic rings. The van der Waals surface area contributed by atoms with Crippen molar-refractivity contribution in [2.45, 2.75) is 13.8 Å². The van der Waals surface area contributed by atoms with Gasteiger partial charge in [0.1, 0.15) is 0 Å². The Hall–Kier alpha value is -3.45.